The number of ether oxygens (including phenoxy) is 8. The number of cyclic esters (lactones) is 1. The highest BCUT2D eigenvalue weighted by molar-refractivity contribution is 6.69. The summed E-state index contributed by atoms with van der Waals surface area (Å²) >= 11 is 12.6. The number of likely N-dealkylation sites (N-methyl/N-ethyl adjacent to an activating group) is 1. The van der Waals surface area contributed by atoms with Gasteiger partial charge in [-0.05, 0) is 119 Å². The van der Waals surface area contributed by atoms with E-state index in [0.717, 1.165) is 5.56 Å². The molecule has 1 aromatic rings. The quantitative estimate of drug-likeness (QED) is 0.148. The van der Waals surface area contributed by atoms with Gasteiger partial charge in [0, 0.05) is 51.0 Å². The minimum Gasteiger partial charge on any atom is -0.458 e. The average Bonchev–Trinajstić information content (AvgIpc) is 3.53. The van der Waals surface area contributed by atoms with E-state index >= 15 is 9.59 Å². The van der Waals surface area contributed by atoms with Gasteiger partial charge in [0.25, 0.3) is 0 Å². The van der Waals surface area contributed by atoms with E-state index in [2.05, 4.69) is 19.6 Å². The maximum atomic E-state index is 15.1. The Balaban J connectivity index is 1.63. The number of benzene rings is 1. The van der Waals surface area contributed by atoms with E-state index in [1.807, 2.05) is 73.5 Å². The van der Waals surface area contributed by atoms with Crippen LogP contribution in [0, 0.1) is 23.7 Å². The zero-order chi connectivity index (χ0) is 51.0. The normalized spacial score (nSPS) is 41.3. The summed E-state index contributed by atoms with van der Waals surface area (Å²) in [5.74, 6) is -3.91. The van der Waals surface area contributed by atoms with Gasteiger partial charge in [0.15, 0.2) is 26.5 Å². The Labute approximate surface area is 416 Å². The Kier molecular flexibility index (Phi) is 18.8. The number of hydrogen-bond donors (Lipinski definition) is 1. The number of hydrogen-bond acceptors (Lipinski definition) is 14. The van der Waals surface area contributed by atoms with Gasteiger partial charge < -0.3 is 52.3 Å². The van der Waals surface area contributed by atoms with Crippen molar-refractivity contribution in [2.24, 2.45) is 23.7 Å². The van der Waals surface area contributed by atoms with Crippen LogP contribution in [-0.2, 0) is 58.3 Å². The van der Waals surface area contributed by atoms with E-state index in [1.165, 1.54) is 0 Å². The number of rotatable bonds is 13. The van der Waals surface area contributed by atoms with Gasteiger partial charge in [-0.15, -0.1) is 0 Å². The smallest absolute Gasteiger partial charge is 0.410 e. The van der Waals surface area contributed by atoms with Gasteiger partial charge in [-0.1, -0.05) is 57.0 Å². The molecule has 15 nitrogen and oxygen atoms in total. The van der Waals surface area contributed by atoms with Crippen LogP contribution in [0.25, 0.3) is 0 Å². The topological polar surface area (TPSA) is 161 Å². The summed E-state index contributed by atoms with van der Waals surface area (Å²) in [5, 5.41) is 12.7. The number of nitrogens with zero attached hydrogens (tertiary/aromatic N) is 2. The van der Waals surface area contributed by atoms with Gasteiger partial charge in [0.1, 0.15) is 18.0 Å². The number of amides is 1. The standard InChI is InChI=1S/C50H82Cl2N2O13Si/c1-18-37-50(10)42(54(47(58)66-50)22-21-33-19-20-34(51)35(52)24-33)29(4)39(55)27(2)25-48(8,59-13)43(65-46-40(56)36(53(11)12)23-28(3)61-46)30(5)41(31(6)45(57)63-37)64-38-26-49(9,60-14)44(32(7)62-38)67-68(15,16)17/h19-20,24,27-32,36-38,40-44,46,56H,18,21-23,25-26H2,1-17H3/t27-,28-,29+,30+,31-,32+,36+,37-,38+,40-,41+,42-,43-,44+,46+,48-,49-,50-/m1/s1. The Bertz CT molecular complexity index is 1910. The number of carbonyl (C=O) groups is 3. The third-order valence-electron chi connectivity index (χ3n) is 15.2. The Morgan fingerprint density at radius 3 is 2.09 bits per heavy atom. The van der Waals surface area contributed by atoms with E-state index in [-0.39, 0.29) is 43.7 Å². The van der Waals surface area contributed by atoms with E-state index < -0.39 is 116 Å². The highest BCUT2D eigenvalue weighted by Gasteiger charge is 2.61. The third kappa shape index (κ3) is 12.3. The zero-order valence-corrected chi connectivity index (χ0v) is 46.1. The van der Waals surface area contributed by atoms with Crippen molar-refractivity contribution in [3.05, 3.63) is 33.8 Å². The van der Waals surface area contributed by atoms with E-state index in [9.17, 15) is 9.90 Å². The maximum absolute atomic E-state index is 15.1. The highest BCUT2D eigenvalue weighted by Crippen LogP contribution is 2.45. The molecule has 68 heavy (non-hydrogen) atoms. The SMILES string of the molecule is CC[C@H]1OC(=O)[C@H](C)[C@@H](O[C@H]2C[C@@](C)(OC)[C@@H](O[Si](C)(C)C)[C@H](C)O2)[C@H](C)[C@@H](O[C@@H]2O[C@H](C)C[C@H](N(C)C)[C@H]2O)[C@](C)(OC)C[C@@H](C)C(=O)[C@H](C)[C@H]2N(CCc3ccc(Cl)c(Cl)c3)C(=O)O[C@]12C. The molecule has 4 aliphatic rings. The van der Waals surface area contributed by atoms with Crippen molar-refractivity contribution >= 4 is 49.4 Å². The molecule has 1 amide bonds. The molecule has 4 aliphatic heterocycles. The predicted molar refractivity (Wildman–Crippen MR) is 262 cm³/mol. The van der Waals surface area contributed by atoms with Crippen LogP contribution in [0.5, 0.6) is 0 Å². The molecule has 1 aromatic carbocycles. The van der Waals surface area contributed by atoms with Crippen LogP contribution >= 0.6 is 23.2 Å². The van der Waals surface area contributed by atoms with Gasteiger partial charge in [-0.3, -0.25) is 14.5 Å². The van der Waals surface area contributed by atoms with Crippen LogP contribution in [0.2, 0.25) is 29.7 Å². The van der Waals surface area contributed by atoms with Crippen LogP contribution in [0.4, 0.5) is 4.79 Å². The van der Waals surface area contributed by atoms with Crippen LogP contribution in [0.3, 0.4) is 0 Å². The number of aliphatic hydroxyl groups excluding tert-OH is 1. The highest BCUT2D eigenvalue weighted by atomic mass is 35.5. The second-order valence-electron chi connectivity index (χ2n) is 21.9. The van der Waals surface area contributed by atoms with Gasteiger partial charge in [-0.25, -0.2) is 4.79 Å². The lowest BCUT2D eigenvalue weighted by Gasteiger charge is -2.51. The van der Waals surface area contributed by atoms with Crippen LogP contribution in [0.15, 0.2) is 18.2 Å². The van der Waals surface area contributed by atoms with Crippen molar-refractivity contribution < 1.29 is 61.8 Å². The maximum Gasteiger partial charge on any atom is 0.410 e. The fourth-order valence-corrected chi connectivity index (χ4v) is 12.9. The van der Waals surface area contributed by atoms with Gasteiger partial charge in [-0.2, -0.15) is 0 Å². The van der Waals surface area contributed by atoms with Crippen molar-refractivity contribution in [2.75, 3.05) is 34.9 Å². The lowest BCUT2D eigenvalue weighted by atomic mass is 9.73. The molecule has 18 atom stereocenters. The van der Waals surface area contributed by atoms with Crippen molar-refractivity contribution in [3.8, 4) is 0 Å². The van der Waals surface area contributed by atoms with E-state index in [0.29, 0.717) is 22.9 Å². The fourth-order valence-electron chi connectivity index (χ4n) is 11.4. The van der Waals surface area contributed by atoms with Crippen molar-refractivity contribution in [2.45, 2.75) is 205 Å². The molecule has 0 radical (unpaired) electrons. The Morgan fingerprint density at radius 2 is 1.51 bits per heavy atom. The van der Waals surface area contributed by atoms with E-state index in [4.69, 9.17) is 65.5 Å². The summed E-state index contributed by atoms with van der Waals surface area (Å²) in [6, 6.07) is 4.16. The molecular formula is C50H82Cl2N2O13Si. The molecule has 0 aliphatic carbocycles. The Morgan fingerprint density at radius 1 is 0.882 bits per heavy atom. The van der Waals surface area contributed by atoms with E-state index in [1.54, 1.807) is 52.0 Å². The summed E-state index contributed by atoms with van der Waals surface area (Å²) in [5.41, 5.74) is -2.70. The fraction of sp³-hybridized carbons (Fsp3) is 0.820. The van der Waals surface area contributed by atoms with Crippen molar-refractivity contribution in [1.82, 2.24) is 9.80 Å². The monoisotopic (exact) mass is 1020 g/mol. The molecule has 0 unspecified atom stereocenters. The molecule has 4 heterocycles. The summed E-state index contributed by atoms with van der Waals surface area (Å²) < 4.78 is 59.4. The number of carbonyl (C=O) groups excluding carboxylic acids is 3. The van der Waals surface area contributed by atoms with Gasteiger partial charge >= 0.3 is 12.1 Å². The second-order valence-corrected chi connectivity index (χ2v) is 27.1. The first-order valence-corrected chi connectivity index (χ1v) is 28.6. The minimum absolute atomic E-state index is 0.149. The molecule has 4 saturated heterocycles. The largest absolute Gasteiger partial charge is 0.458 e. The molecule has 0 aromatic heterocycles. The number of esters is 1. The molecule has 1 N–H and O–H groups in total. The summed E-state index contributed by atoms with van der Waals surface area (Å²) in [7, 11) is 4.96. The van der Waals surface area contributed by atoms with Gasteiger partial charge in [0.05, 0.1) is 63.7 Å². The zero-order valence-electron chi connectivity index (χ0n) is 43.6. The van der Waals surface area contributed by atoms with Crippen LogP contribution < -0.4 is 0 Å². The number of fused-ring (bicyclic) bond motifs is 1. The lowest BCUT2D eigenvalue weighted by Crippen LogP contribution is -2.62. The molecule has 0 saturated carbocycles. The first-order valence-electron chi connectivity index (χ1n) is 24.5. The molecule has 5 rings (SSSR count). The molecule has 4 fully saturated rings. The van der Waals surface area contributed by atoms with Gasteiger partial charge in [0.2, 0.25) is 0 Å². The van der Waals surface area contributed by atoms with Crippen LogP contribution in [-0.4, -0.2) is 160 Å². The number of ketones is 1. The molecular weight excluding hydrogens is 936 g/mol. The Hall–Kier alpha value is -1.93. The van der Waals surface area contributed by atoms with Crippen LogP contribution in [0.1, 0.15) is 100 Å². The number of methoxy groups -OCH3 is 2. The van der Waals surface area contributed by atoms with Crippen molar-refractivity contribution in [1.29, 1.82) is 0 Å². The summed E-state index contributed by atoms with van der Waals surface area (Å²) in [4.78, 5) is 47.9. The first-order chi connectivity index (χ1) is 31.5. The predicted octanol–water partition coefficient (Wildman–Crippen LogP) is 8.32. The first kappa shape index (κ1) is 57.0. The summed E-state index contributed by atoms with van der Waals surface area (Å²) in [6.45, 7) is 25.2. The number of halogens is 2. The summed E-state index contributed by atoms with van der Waals surface area (Å²) in [6.07, 6.45) is -6.09. The molecule has 0 spiro atoms. The molecule has 0 bridgehead atoms. The average molecular weight is 1020 g/mol. The minimum atomic E-state index is -2.07. The second kappa shape index (κ2) is 22.5. The number of Topliss-reactive ketones (excluding diaryl/α,β-unsaturated/α-hetero) is 1. The number of aliphatic hydroxyl groups is 1. The molecule has 18 heteroatoms. The third-order valence-corrected chi connectivity index (χ3v) is 16.9. The molecule has 388 valence electrons. The van der Waals surface area contributed by atoms with Crippen molar-refractivity contribution in [3.63, 3.8) is 0 Å². The lowest BCUT2D eigenvalue weighted by molar-refractivity contribution is -0.318.